The molecule has 0 unspecified atom stereocenters. The smallest absolute Gasteiger partial charge is 0.200 e. The zero-order valence-electron chi connectivity index (χ0n) is 10.3. The molecule has 0 aromatic heterocycles. The third-order valence-electron chi connectivity index (χ3n) is 2.65. The number of hydrogen-bond acceptors (Lipinski definition) is 2. The average Bonchev–Trinajstić information content (AvgIpc) is 2.39. The van der Waals surface area contributed by atoms with Crippen molar-refractivity contribution in [2.75, 3.05) is 6.61 Å². The van der Waals surface area contributed by atoms with Gasteiger partial charge in [-0.1, -0.05) is 17.7 Å². The van der Waals surface area contributed by atoms with E-state index >= 15 is 0 Å². The monoisotopic (exact) mass is 278 g/mol. The zero-order chi connectivity index (χ0) is 13.8. The number of carbonyl (C=O) groups excluding carboxylic acids is 1. The van der Waals surface area contributed by atoms with Gasteiger partial charge in [0, 0.05) is 10.6 Å². The third-order valence-corrected chi connectivity index (χ3v) is 2.88. The van der Waals surface area contributed by atoms with E-state index in [0.717, 1.165) is 0 Å². The van der Waals surface area contributed by atoms with Crippen molar-refractivity contribution in [2.45, 2.75) is 6.92 Å². The number of halogens is 2. The molecule has 0 spiro atoms. The standard InChI is InChI=1S/C15H12ClFO2/c1-10-7-11(5-6-14(10)17)15(18)9-19-13-4-2-3-12(16)8-13/h2-8H,9H2,1H3. The first kappa shape index (κ1) is 13.6. The number of rotatable bonds is 4. The molecule has 2 aromatic rings. The topological polar surface area (TPSA) is 26.3 Å². The minimum absolute atomic E-state index is 0.106. The Morgan fingerprint density at radius 2 is 2.05 bits per heavy atom. The number of benzene rings is 2. The van der Waals surface area contributed by atoms with E-state index in [9.17, 15) is 9.18 Å². The highest BCUT2D eigenvalue weighted by atomic mass is 35.5. The molecule has 2 nitrogen and oxygen atoms in total. The second kappa shape index (κ2) is 5.85. The first-order chi connectivity index (χ1) is 9.06. The molecule has 2 rings (SSSR count). The van der Waals surface area contributed by atoms with Crippen molar-refractivity contribution in [2.24, 2.45) is 0 Å². The molecule has 0 amide bonds. The van der Waals surface area contributed by atoms with Crippen LogP contribution in [0.4, 0.5) is 4.39 Å². The molecule has 0 heterocycles. The van der Waals surface area contributed by atoms with E-state index in [1.54, 1.807) is 31.2 Å². The summed E-state index contributed by atoms with van der Waals surface area (Å²) in [5, 5.41) is 0.544. The summed E-state index contributed by atoms with van der Waals surface area (Å²) in [6.07, 6.45) is 0. The number of carbonyl (C=O) groups is 1. The van der Waals surface area contributed by atoms with Crippen LogP contribution in [0, 0.1) is 12.7 Å². The van der Waals surface area contributed by atoms with Crippen LogP contribution in [0.15, 0.2) is 42.5 Å². The maximum absolute atomic E-state index is 13.1. The summed E-state index contributed by atoms with van der Waals surface area (Å²) in [7, 11) is 0. The summed E-state index contributed by atoms with van der Waals surface area (Å²) in [5.41, 5.74) is 0.870. The highest BCUT2D eigenvalue weighted by Crippen LogP contribution is 2.17. The summed E-state index contributed by atoms with van der Waals surface area (Å²) in [5.74, 6) is -0.00457. The molecular weight excluding hydrogens is 267 g/mol. The second-order valence-electron chi connectivity index (χ2n) is 4.13. The van der Waals surface area contributed by atoms with Gasteiger partial charge < -0.3 is 4.74 Å². The fourth-order valence-electron chi connectivity index (χ4n) is 1.61. The van der Waals surface area contributed by atoms with Gasteiger partial charge in [0.2, 0.25) is 0 Å². The minimum atomic E-state index is -0.327. The van der Waals surface area contributed by atoms with E-state index < -0.39 is 0 Å². The Balaban J connectivity index is 2.03. The maximum Gasteiger partial charge on any atom is 0.200 e. The summed E-state index contributed by atoms with van der Waals surface area (Å²) >= 11 is 5.81. The first-order valence-corrected chi connectivity index (χ1v) is 6.12. The van der Waals surface area contributed by atoms with Crippen molar-refractivity contribution < 1.29 is 13.9 Å². The van der Waals surface area contributed by atoms with Gasteiger partial charge in [-0.15, -0.1) is 0 Å². The van der Waals surface area contributed by atoms with Gasteiger partial charge in [0.1, 0.15) is 11.6 Å². The Hall–Kier alpha value is -1.87. The molecule has 19 heavy (non-hydrogen) atoms. The van der Waals surface area contributed by atoms with Gasteiger partial charge in [0.25, 0.3) is 0 Å². The normalized spacial score (nSPS) is 10.3. The summed E-state index contributed by atoms with van der Waals surface area (Å²) < 4.78 is 18.4. The Labute approximate surface area is 115 Å². The van der Waals surface area contributed by atoms with E-state index in [2.05, 4.69) is 0 Å². The highest BCUT2D eigenvalue weighted by molar-refractivity contribution is 6.30. The first-order valence-electron chi connectivity index (χ1n) is 5.74. The Morgan fingerprint density at radius 1 is 1.26 bits per heavy atom. The number of hydrogen-bond donors (Lipinski definition) is 0. The molecule has 0 atom stereocenters. The SMILES string of the molecule is Cc1cc(C(=O)COc2cccc(Cl)c2)ccc1F. The number of ether oxygens (including phenoxy) is 1. The molecule has 0 aliphatic heterocycles. The maximum atomic E-state index is 13.1. The predicted octanol–water partition coefficient (Wildman–Crippen LogP) is 4.05. The van der Waals surface area contributed by atoms with Crippen LogP contribution in [-0.4, -0.2) is 12.4 Å². The van der Waals surface area contributed by atoms with Crippen LogP contribution < -0.4 is 4.74 Å². The lowest BCUT2D eigenvalue weighted by molar-refractivity contribution is 0.0921. The molecule has 0 bridgehead atoms. The van der Waals surface area contributed by atoms with Gasteiger partial charge in [0.05, 0.1) is 0 Å². The van der Waals surface area contributed by atoms with Gasteiger partial charge in [-0.3, -0.25) is 4.79 Å². The molecule has 0 saturated carbocycles. The van der Waals surface area contributed by atoms with Crippen molar-refractivity contribution in [3.8, 4) is 5.75 Å². The Kier molecular flexibility index (Phi) is 4.17. The fraction of sp³-hybridized carbons (Fsp3) is 0.133. The van der Waals surface area contributed by atoms with Crippen molar-refractivity contribution in [3.63, 3.8) is 0 Å². The molecular formula is C15H12ClFO2. The van der Waals surface area contributed by atoms with Crippen molar-refractivity contribution in [1.29, 1.82) is 0 Å². The van der Waals surface area contributed by atoms with Gasteiger partial charge in [-0.2, -0.15) is 0 Å². The fourth-order valence-corrected chi connectivity index (χ4v) is 1.79. The summed E-state index contributed by atoms with van der Waals surface area (Å²) in [6.45, 7) is 1.51. The molecule has 4 heteroatoms. The third kappa shape index (κ3) is 3.55. The summed E-state index contributed by atoms with van der Waals surface area (Å²) in [4.78, 5) is 11.9. The largest absolute Gasteiger partial charge is 0.485 e. The van der Waals surface area contributed by atoms with Crippen molar-refractivity contribution >= 4 is 17.4 Å². The van der Waals surface area contributed by atoms with Crippen LogP contribution in [0.1, 0.15) is 15.9 Å². The minimum Gasteiger partial charge on any atom is -0.485 e. The van der Waals surface area contributed by atoms with E-state index in [4.69, 9.17) is 16.3 Å². The lowest BCUT2D eigenvalue weighted by Gasteiger charge is -2.06. The van der Waals surface area contributed by atoms with Gasteiger partial charge >= 0.3 is 0 Å². The van der Waals surface area contributed by atoms with Crippen LogP contribution in [0.2, 0.25) is 5.02 Å². The predicted molar refractivity (Wildman–Crippen MR) is 72.4 cm³/mol. The number of aryl methyl sites for hydroxylation is 1. The van der Waals surface area contributed by atoms with E-state index in [0.29, 0.717) is 21.9 Å². The molecule has 2 aromatic carbocycles. The molecule has 98 valence electrons. The van der Waals surface area contributed by atoms with Gasteiger partial charge in [0.15, 0.2) is 12.4 Å². The van der Waals surface area contributed by atoms with Crippen LogP contribution >= 0.6 is 11.6 Å². The Morgan fingerprint density at radius 3 is 2.74 bits per heavy atom. The summed E-state index contributed by atoms with van der Waals surface area (Å²) in [6, 6.07) is 11.1. The molecule has 0 aliphatic rings. The molecule has 0 fully saturated rings. The van der Waals surface area contributed by atoms with Crippen molar-refractivity contribution in [3.05, 3.63) is 64.4 Å². The van der Waals surface area contributed by atoms with Gasteiger partial charge in [-0.25, -0.2) is 4.39 Å². The quantitative estimate of drug-likeness (QED) is 0.789. The number of Topliss-reactive ketones (excluding diaryl/α,β-unsaturated/α-hetero) is 1. The number of ketones is 1. The molecule has 0 radical (unpaired) electrons. The molecule has 0 saturated heterocycles. The zero-order valence-corrected chi connectivity index (χ0v) is 11.1. The second-order valence-corrected chi connectivity index (χ2v) is 4.57. The van der Waals surface area contributed by atoms with Crippen LogP contribution in [-0.2, 0) is 0 Å². The highest BCUT2D eigenvalue weighted by Gasteiger charge is 2.09. The van der Waals surface area contributed by atoms with Crippen molar-refractivity contribution in [1.82, 2.24) is 0 Å². The Bertz CT molecular complexity index is 611. The van der Waals surface area contributed by atoms with E-state index in [1.807, 2.05) is 0 Å². The van der Waals surface area contributed by atoms with Crippen LogP contribution in [0.25, 0.3) is 0 Å². The average molecular weight is 279 g/mol. The van der Waals surface area contributed by atoms with Crippen LogP contribution in [0.5, 0.6) is 5.75 Å². The van der Waals surface area contributed by atoms with E-state index in [-0.39, 0.29) is 18.2 Å². The van der Waals surface area contributed by atoms with Crippen LogP contribution in [0.3, 0.4) is 0 Å². The molecule has 0 N–H and O–H groups in total. The molecule has 0 aliphatic carbocycles. The van der Waals surface area contributed by atoms with E-state index in [1.165, 1.54) is 18.2 Å². The van der Waals surface area contributed by atoms with Gasteiger partial charge in [-0.05, 0) is 48.9 Å². The lowest BCUT2D eigenvalue weighted by Crippen LogP contribution is -2.11. The lowest BCUT2D eigenvalue weighted by atomic mass is 10.1.